The molecular weight excluding hydrogens is 268 g/mol. The Morgan fingerprint density at radius 2 is 1.95 bits per heavy atom. The number of aromatic nitrogens is 4. The van der Waals surface area contributed by atoms with Crippen LogP contribution in [0.25, 0.3) is 0 Å². The van der Waals surface area contributed by atoms with Crippen molar-refractivity contribution in [2.45, 2.75) is 32.4 Å². The van der Waals surface area contributed by atoms with E-state index in [1.54, 1.807) is 0 Å². The second-order valence-electron chi connectivity index (χ2n) is 5.24. The van der Waals surface area contributed by atoms with Crippen LogP contribution in [0.4, 0.5) is 0 Å². The Morgan fingerprint density at radius 3 is 2.52 bits per heavy atom. The van der Waals surface area contributed by atoms with Crippen LogP contribution in [0.5, 0.6) is 0 Å². The van der Waals surface area contributed by atoms with Crippen molar-refractivity contribution in [3.63, 3.8) is 0 Å². The number of hydrogen-bond acceptors (Lipinski definition) is 5. The van der Waals surface area contributed by atoms with Crippen molar-refractivity contribution in [1.82, 2.24) is 25.5 Å². The Morgan fingerprint density at radius 1 is 1.29 bits per heavy atom. The van der Waals surface area contributed by atoms with E-state index >= 15 is 0 Å². The minimum absolute atomic E-state index is 0.0893. The molecule has 1 atom stereocenters. The molecule has 21 heavy (non-hydrogen) atoms. The zero-order valence-electron chi connectivity index (χ0n) is 12.2. The summed E-state index contributed by atoms with van der Waals surface area (Å²) in [5, 5.41) is 13.3. The fraction of sp³-hybridized carbons (Fsp3) is 0.429. The zero-order valence-corrected chi connectivity index (χ0v) is 12.2. The number of hydrogen-bond donors (Lipinski definition) is 2. The largest absolute Gasteiger partial charge is 0.353 e. The molecule has 0 radical (unpaired) electrons. The Bertz CT molecular complexity index is 564. The normalized spacial score (nSPS) is 12.4. The Balaban J connectivity index is 1.83. The first-order valence-corrected chi connectivity index (χ1v) is 6.89. The van der Waals surface area contributed by atoms with Gasteiger partial charge < -0.3 is 11.1 Å². The summed E-state index contributed by atoms with van der Waals surface area (Å²) in [7, 11) is 0. The van der Waals surface area contributed by atoms with Gasteiger partial charge in [-0.2, -0.15) is 0 Å². The molecule has 112 valence electrons. The lowest BCUT2D eigenvalue weighted by atomic mass is 9.99. The van der Waals surface area contributed by atoms with Crippen LogP contribution < -0.4 is 11.1 Å². The van der Waals surface area contributed by atoms with E-state index in [2.05, 4.69) is 46.8 Å². The summed E-state index contributed by atoms with van der Waals surface area (Å²) >= 11 is 0. The summed E-state index contributed by atoms with van der Waals surface area (Å²) in [5.41, 5.74) is 8.35. The molecule has 0 bridgehead atoms. The van der Waals surface area contributed by atoms with E-state index in [9.17, 15) is 4.79 Å². The number of nitrogens with one attached hydrogen (secondary N) is 1. The van der Waals surface area contributed by atoms with Gasteiger partial charge in [-0.3, -0.25) is 4.79 Å². The van der Waals surface area contributed by atoms with Crippen LogP contribution in [0, 0.1) is 0 Å². The smallest absolute Gasteiger partial charge is 0.241 e. The molecule has 1 amide bonds. The highest BCUT2D eigenvalue weighted by Gasteiger charge is 2.09. The van der Waals surface area contributed by atoms with Crippen molar-refractivity contribution in [2.75, 3.05) is 6.54 Å². The number of benzene rings is 1. The van der Waals surface area contributed by atoms with Gasteiger partial charge in [0.25, 0.3) is 0 Å². The van der Waals surface area contributed by atoms with Gasteiger partial charge in [0, 0.05) is 12.6 Å². The molecule has 0 aliphatic carbocycles. The van der Waals surface area contributed by atoms with Gasteiger partial charge in [0.1, 0.15) is 12.9 Å². The molecule has 0 aliphatic rings. The van der Waals surface area contributed by atoms with E-state index < -0.39 is 0 Å². The molecule has 2 aromatic rings. The second-order valence-corrected chi connectivity index (χ2v) is 5.24. The first-order chi connectivity index (χ1) is 10.1. The molecule has 0 fully saturated rings. The lowest BCUT2D eigenvalue weighted by molar-refractivity contribution is -0.121. The van der Waals surface area contributed by atoms with Gasteiger partial charge in [-0.15, -0.1) is 5.10 Å². The molecule has 0 saturated carbocycles. The third kappa shape index (κ3) is 4.35. The molecule has 0 aliphatic heterocycles. The third-order valence-corrected chi connectivity index (χ3v) is 3.25. The summed E-state index contributed by atoms with van der Waals surface area (Å²) in [6.45, 7) is 4.76. The number of tetrazole rings is 1. The van der Waals surface area contributed by atoms with Gasteiger partial charge in [-0.05, 0) is 27.5 Å². The predicted octanol–water partition coefficient (Wildman–Crippen LogP) is 0.613. The van der Waals surface area contributed by atoms with Crippen molar-refractivity contribution in [2.24, 2.45) is 5.73 Å². The summed E-state index contributed by atoms with van der Waals surface area (Å²) < 4.78 is 1.36. The Kier molecular flexibility index (Phi) is 4.99. The number of rotatable bonds is 6. The number of carbonyl (C=O) groups is 1. The molecule has 0 spiro atoms. The molecule has 3 N–H and O–H groups in total. The van der Waals surface area contributed by atoms with E-state index in [0.717, 1.165) is 5.56 Å². The van der Waals surface area contributed by atoms with Gasteiger partial charge >= 0.3 is 0 Å². The molecule has 2 rings (SSSR count). The molecule has 1 aromatic heterocycles. The third-order valence-electron chi connectivity index (χ3n) is 3.25. The predicted molar refractivity (Wildman–Crippen MR) is 78.3 cm³/mol. The molecule has 1 aromatic carbocycles. The molecule has 7 heteroatoms. The molecule has 7 nitrogen and oxygen atoms in total. The fourth-order valence-corrected chi connectivity index (χ4v) is 1.93. The zero-order chi connectivity index (χ0) is 15.2. The van der Waals surface area contributed by atoms with Gasteiger partial charge in [-0.25, -0.2) is 4.68 Å². The first-order valence-electron chi connectivity index (χ1n) is 6.89. The van der Waals surface area contributed by atoms with Crippen molar-refractivity contribution in [1.29, 1.82) is 0 Å². The quantitative estimate of drug-likeness (QED) is 0.811. The lowest BCUT2D eigenvalue weighted by Gasteiger charge is -2.14. The van der Waals surface area contributed by atoms with E-state index in [1.165, 1.54) is 16.6 Å². The van der Waals surface area contributed by atoms with E-state index in [4.69, 9.17) is 5.73 Å². The average molecular weight is 288 g/mol. The molecule has 1 heterocycles. The first kappa shape index (κ1) is 15.1. The number of carbonyl (C=O) groups excluding carboxylic acids is 1. The van der Waals surface area contributed by atoms with Crippen LogP contribution in [0.1, 0.15) is 36.9 Å². The number of nitrogens with zero attached hydrogens (tertiary/aromatic N) is 4. The Labute approximate surface area is 123 Å². The maximum atomic E-state index is 11.7. The highest BCUT2D eigenvalue weighted by molar-refractivity contribution is 5.75. The summed E-state index contributed by atoms with van der Waals surface area (Å²) in [4.78, 5) is 11.7. The standard InChI is InChI=1S/C14H20N6O/c1-10(2)11-3-5-12(6-4-11)13(15)7-16-14(21)8-20-9-17-18-19-20/h3-6,9-10,13H,7-8,15H2,1-2H3,(H,16,21). The minimum Gasteiger partial charge on any atom is -0.353 e. The van der Waals surface area contributed by atoms with Crippen LogP contribution in [-0.4, -0.2) is 32.7 Å². The highest BCUT2D eigenvalue weighted by atomic mass is 16.2. The van der Waals surface area contributed by atoms with E-state index in [-0.39, 0.29) is 18.5 Å². The molecule has 0 saturated heterocycles. The van der Waals surface area contributed by atoms with Gasteiger partial charge in [-0.1, -0.05) is 38.1 Å². The summed E-state index contributed by atoms with van der Waals surface area (Å²) in [5.74, 6) is 0.322. The van der Waals surface area contributed by atoms with Crippen LogP contribution in [-0.2, 0) is 11.3 Å². The second kappa shape index (κ2) is 6.94. The highest BCUT2D eigenvalue weighted by Crippen LogP contribution is 2.17. The molecular formula is C14H20N6O. The van der Waals surface area contributed by atoms with Crippen LogP contribution in [0.3, 0.4) is 0 Å². The van der Waals surface area contributed by atoms with Crippen LogP contribution >= 0.6 is 0 Å². The van der Waals surface area contributed by atoms with E-state index in [0.29, 0.717) is 12.5 Å². The maximum absolute atomic E-state index is 11.7. The maximum Gasteiger partial charge on any atom is 0.241 e. The van der Waals surface area contributed by atoms with Crippen molar-refractivity contribution >= 4 is 5.91 Å². The van der Waals surface area contributed by atoms with Gasteiger partial charge in [0.15, 0.2) is 0 Å². The topological polar surface area (TPSA) is 98.7 Å². The SMILES string of the molecule is CC(C)c1ccc(C(N)CNC(=O)Cn2cnnn2)cc1. The van der Waals surface area contributed by atoms with Crippen LogP contribution in [0.2, 0.25) is 0 Å². The van der Waals surface area contributed by atoms with Gasteiger partial charge in [0.05, 0.1) is 0 Å². The summed E-state index contributed by atoms with van der Waals surface area (Å²) in [6.07, 6.45) is 1.39. The summed E-state index contributed by atoms with van der Waals surface area (Å²) in [6, 6.07) is 7.93. The monoisotopic (exact) mass is 288 g/mol. The molecule has 1 unspecified atom stereocenters. The lowest BCUT2D eigenvalue weighted by Crippen LogP contribution is -2.34. The van der Waals surface area contributed by atoms with Crippen molar-refractivity contribution in [3.8, 4) is 0 Å². The van der Waals surface area contributed by atoms with Crippen molar-refractivity contribution < 1.29 is 4.79 Å². The minimum atomic E-state index is -0.232. The number of nitrogens with two attached hydrogens (primary N) is 1. The van der Waals surface area contributed by atoms with Crippen LogP contribution in [0.15, 0.2) is 30.6 Å². The number of amides is 1. The van der Waals surface area contributed by atoms with Crippen molar-refractivity contribution in [3.05, 3.63) is 41.7 Å². The van der Waals surface area contributed by atoms with E-state index in [1.807, 2.05) is 12.1 Å². The fourth-order valence-electron chi connectivity index (χ4n) is 1.93. The Hall–Kier alpha value is -2.28. The van der Waals surface area contributed by atoms with Gasteiger partial charge in [0.2, 0.25) is 5.91 Å². The average Bonchev–Trinajstić information content (AvgIpc) is 2.97.